The molecule has 1 aliphatic heterocycles. The molecule has 1 saturated heterocycles. The van der Waals surface area contributed by atoms with E-state index in [9.17, 15) is 24.3 Å². The van der Waals surface area contributed by atoms with Crippen molar-refractivity contribution < 1.29 is 38.5 Å². The van der Waals surface area contributed by atoms with Crippen molar-refractivity contribution >= 4 is 51.2 Å². The van der Waals surface area contributed by atoms with Gasteiger partial charge in [0.1, 0.15) is 47.0 Å². The van der Waals surface area contributed by atoms with E-state index in [4.69, 9.17) is 24.2 Å². The minimum atomic E-state index is -1.51. The molecule has 5 atom stereocenters. The van der Waals surface area contributed by atoms with Crippen LogP contribution in [0.2, 0.25) is 0 Å². The Morgan fingerprint density at radius 3 is 2.42 bits per heavy atom. The van der Waals surface area contributed by atoms with Gasteiger partial charge < -0.3 is 40.2 Å². The molecule has 0 spiro atoms. The number of carboxylic acids is 1. The van der Waals surface area contributed by atoms with Crippen molar-refractivity contribution in [3.63, 3.8) is 0 Å². The Bertz CT molecular complexity index is 2000. The number of benzene rings is 1. The van der Waals surface area contributed by atoms with E-state index in [1.165, 1.54) is 35.2 Å². The minimum Gasteiger partial charge on any atom is -0.497 e. The summed E-state index contributed by atoms with van der Waals surface area (Å²) in [6.45, 7) is 9.24. The van der Waals surface area contributed by atoms with Crippen LogP contribution in [0.25, 0.3) is 22.3 Å². The van der Waals surface area contributed by atoms with E-state index < -0.39 is 58.9 Å². The number of anilines is 1. The zero-order valence-electron chi connectivity index (χ0n) is 33.2. The van der Waals surface area contributed by atoms with Crippen LogP contribution in [0, 0.1) is 11.3 Å². The normalized spacial score (nSPS) is 24.4. The topological polar surface area (TPSA) is 181 Å². The third-order valence-electron chi connectivity index (χ3n) is 11.8. The number of methoxy groups -OCH3 is 1. The fraction of sp³-hybridized carbons (Fsp3) is 0.571. The van der Waals surface area contributed by atoms with Gasteiger partial charge >= 0.3 is 12.1 Å². The van der Waals surface area contributed by atoms with Crippen LogP contribution in [-0.2, 0) is 19.1 Å². The van der Waals surface area contributed by atoms with Crippen LogP contribution in [0.4, 0.5) is 9.93 Å². The van der Waals surface area contributed by atoms with Gasteiger partial charge in [-0.2, -0.15) is 0 Å². The molecule has 15 heteroatoms. The first-order valence-electron chi connectivity index (χ1n) is 20.1. The van der Waals surface area contributed by atoms with Gasteiger partial charge in [-0.25, -0.2) is 19.6 Å². The van der Waals surface area contributed by atoms with Gasteiger partial charge in [-0.05, 0) is 62.5 Å². The number of amides is 3. The molecule has 4 N–H and O–H groups in total. The average molecular weight is 803 g/mol. The lowest BCUT2D eigenvalue weighted by Crippen LogP contribution is -2.59. The predicted octanol–water partition coefficient (Wildman–Crippen LogP) is 6.69. The first-order chi connectivity index (χ1) is 27.3. The van der Waals surface area contributed by atoms with E-state index >= 15 is 0 Å². The fourth-order valence-corrected chi connectivity index (χ4v) is 9.19. The van der Waals surface area contributed by atoms with Crippen LogP contribution in [0.3, 0.4) is 0 Å². The maximum absolute atomic E-state index is 14.7. The minimum absolute atomic E-state index is 0.00469. The molecular formula is C42H54N6O8S. The fourth-order valence-electron chi connectivity index (χ4n) is 8.41. The quantitative estimate of drug-likeness (QED) is 0.135. The Balaban J connectivity index is 1.18. The number of nitrogens with zero attached hydrogens (tertiary/aromatic N) is 3. The summed E-state index contributed by atoms with van der Waals surface area (Å²) in [6.07, 6.45) is 9.40. The van der Waals surface area contributed by atoms with Crippen molar-refractivity contribution in [2.45, 2.75) is 127 Å². The number of rotatable bonds is 13. The van der Waals surface area contributed by atoms with Crippen LogP contribution >= 0.6 is 11.3 Å². The number of fused-ring (bicyclic) bond motifs is 1. The Morgan fingerprint density at radius 2 is 1.75 bits per heavy atom. The number of pyridine rings is 1. The van der Waals surface area contributed by atoms with Crippen LogP contribution in [0.1, 0.15) is 91.4 Å². The molecule has 14 nitrogen and oxygen atoms in total. The molecule has 3 saturated carbocycles. The molecule has 2 aromatic heterocycles. The number of carbonyl (C=O) groups is 4. The molecule has 3 aliphatic carbocycles. The van der Waals surface area contributed by atoms with Gasteiger partial charge in [-0.15, -0.1) is 17.9 Å². The Kier molecular flexibility index (Phi) is 11.7. The number of ether oxygens (including phenoxy) is 3. The molecule has 7 rings (SSSR count). The number of aromatic nitrogens is 2. The number of alkyl carbamates (subject to hydrolysis) is 1. The lowest BCUT2D eigenvalue weighted by Gasteiger charge is -2.35. The summed E-state index contributed by atoms with van der Waals surface area (Å²) < 4.78 is 18.0. The summed E-state index contributed by atoms with van der Waals surface area (Å²) in [4.78, 5) is 65.7. The Morgan fingerprint density at radius 1 is 1.02 bits per heavy atom. The molecule has 3 amide bonds. The number of carbonyl (C=O) groups excluding carboxylic acids is 3. The third-order valence-corrected chi connectivity index (χ3v) is 12.6. The monoisotopic (exact) mass is 802 g/mol. The highest BCUT2D eigenvalue weighted by molar-refractivity contribution is 7.14. The van der Waals surface area contributed by atoms with E-state index in [0.717, 1.165) is 50.1 Å². The van der Waals surface area contributed by atoms with Gasteiger partial charge in [-0.3, -0.25) is 9.59 Å². The van der Waals surface area contributed by atoms with E-state index in [1.54, 1.807) is 7.11 Å². The van der Waals surface area contributed by atoms with Crippen molar-refractivity contribution in [2.24, 2.45) is 11.3 Å². The largest absolute Gasteiger partial charge is 0.497 e. The third kappa shape index (κ3) is 8.82. The smallest absolute Gasteiger partial charge is 0.408 e. The second-order valence-electron chi connectivity index (χ2n) is 17.0. The van der Waals surface area contributed by atoms with Crippen LogP contribution in [0.15, 0.2) is 42.3 Å². The van der Waals surface area contributed by atoms with Crippen LogP contribution in [0.5, 0.6) is 11.5 Å². The highest BCUT2D eigenvalue weighted by Crippen LogP contribution is 2.45. The van der Waals surface area contributed by atoms with Crippen molar-refractivity contribution in [1.29, 1.82) is 0 Å². The second-order valence-corrected chi connectivity index (χ2v) is 17.8. The molecule has 57 heavy (non-hydrogen) atoms. The van der Waals surface area contributed by atoms with Crippen molar-refractivity contribution in [1.82, 2.24) is 25.5 Å². The number of hydrogen-bond donors (Lipinski definition) is 4. The van der Waals surface area contributed by atoms with E-state index in [0.29, 0.717) is 39.8 Å². The zero-order chi connectivity index (χ0) is 40.5. The second kappa shape index (κ2) is 16.5. The molecule has 3 aromatic rings. The van der Waals surface area contributed by atoms with Gasteiger partial charge in [0.15, 0.2) is 5.13 Å². The predicted molar refractivity (Wildman–Crippen MR) is 216 cm³/mol. The van der Waals surface area contributed by atoms with E-state index in [-0.39, 0.29) is 25.5 Å². The molecule has 306 valence electrons. The molecule has 4 fully saturated rings. The van der Waals surface area contributed by atoms with Crippen molar-refractivity contribution in [2.75, 3.05) is 19.0 Å². The number of carboxylic acid groups (broad SMARTS) is 1. The SMILES string of the molecule is C=C[C@@H]1C[C@]1(NC(=O)C1C[C@@H](Oc2cc(-c3csc(NC4CCCC4)n3)nc3cc(OC)ccc23)CN1C(=O)[C@@H](NC(=O)OC1CCCCC1)C(C)(C)C)C(=O)O. The molecule has 0 radical (unpaired) electrons. The number of aliphatic carboxylic acids is 1. The summed E-state index contributed by atoms with van der Waals surface area (Å²) in [7, 11) is 1.59. The van der Waals surface area contributed by atoms with E-state index in [1.807, 2.05) is 50.4 Å². The van der Waals surface area contributed by atoms with Crippen LogP contribution in [-0.4, -0.2) is 93.4 Å². The molecule has 1 unspecified atom stereocenters. The molecule has 1 aromatic carbocycles. The standard InChI is InChI=1S/C42H54N6O8S/c1-6-24-21-42(24,38(51)52)47-36(49)33-19-28(22-48(33)37(50)35(41(2,3)4)46-40(53)56-26-14-8-7-9-15-26)55-34-20-31(44-30-18-27(54-5)16-17-29(30)34)32-23-57-39(45-32)43-25-12-10-11-13-25/h6,16-18,20,23-26,28,33,35H,1,7-15,19,21-22H2,2-5H3,(H,43,45)(H,46,53)(H,47,49)(H,51,52)/t24-,28-,33?,35-,42-/m1/s1. The van der Waals surface area contributed by atoms with Gasteiger partial charge in [0.2, 0.25) is 11.8 Å². The van der Waals surface area contributed by atoms with Gasteiger partial charge in [0.05, 0.1) is 24.9 Å². The maximum Gasteiger partial charge on any atom is 0.408 e. The van der Waals surface area contributed by atoms with Crippen molar-refractivity contribution in [3.8, 4) is 22.9 Å². The molecule has 4 aliphatic rings. The summed E-state index contributed by atoms with van der Waals surface area (Å²) in [5.41, 5.74) is -0.408. The first-order valence-corrected chi connectivity index (χ1v) is 21.0. The van der Waals surface area contributed by atoms with Gasteiger partial charge in [-0.1, -0.05) is 46.1 Å². The van der Waals surface area contributed by atoms with E-state index in [2.05, 4.69) is 22.5 Å². The first kappa shape index (κ1) is 40.3. The lowest BCUT2D eigenvalue weighted by atomic mass is 9.85. The summed E-state index contributed by atoms with van der Waals surface area (Å²) in [5, 5.41) is 22.7. The summed E-state index contributed by atoms with van der Waals surface area (Å²) in [5.74, 6) is -1.64. The van der Waals surface area contributed by atoms with Gasteiger partial charge in [0, 0.05) is 41.3 Å². The van der Waals surface area contributed by atoms with Crippen molar-refractivity contribution in [3.05, 3.63) is 42.3 Å². The van der Waals surface area contributed by atoms with Gasteiger partial charge in [0.25, 0.3) is 0 Å². The maximum atomic E-state index is 14.7. The lowest BCUT2D eigenvalue weighted by molar-refractivity contribution is -0.146. The zero-order valence-corrected chi connectivity index (χ0v) is 34.0. The molecule has 3 heterocycles. The number of hydrogen-bond acceptors (Lipinski definition) is 11. The summed E-state index contributed by atoms with van der Waals surface area (Å²) in [6, 6.07) is 5.55. The number of thiazole rings is 1. The van der Waals surface area contributed by atoms with Crippen LogP contribution < -0.4 is 25.4 Å². The Hall–Kier alpha value is -4.92. The Labute approximate surface area is 337 Å². The molecule has 0 bridgehead atoms. The average Bonchev–Trinajstić information content (AvgIpc) is 3.60. The highest BCUT2D eigenvalue weighted by atomic mass is 32.1. The summed E-state index contributed by atoms with van der Waals surface area (Å²) >= 11 is 1.52. The highest BCUT2D eigenvalue weighted by Gasteiger charge is 2.61. The number of likely N-dealkylation sites (tertiary alicyclic amines) is 1. The number of nitrogens with one attached hydrogen (secondary N) is 3. The molecular weight excluding hydrogens is 749 g/mol.